The van der Waals surface area contributed by atoms with Crippen molar-refractivity contribution in [3.63, 3.8) is 0 Å². The second-order valence-corrected chi connectivity index (χ2v) is 8.74. The van der Waals surface area contributed by atoms with Crippen molar-refractivity contribution in [1.29, 1.82) is 0 Å². The molecule has 0 fully saturated rings. The maximum Gasteiger partial charge on any atom is 0.252 e. The molecule has 37 heavy (non-hydrogen) atoms. The van der Waals surface area contributed by atoms with Crippen LogP contribution < -0.4 is 19.8 Å². The Morgan fingerprint density at radius 3 is 2.68 bits per heavy atom. The van der Waals surface area contributed by atoms with Gasteiger partial charge in [0, 0.05) is 23.6 Å². The summed E-state index contributed by atoms with van der Waals surface area (Å²) in [7, 11) is 1.64. The first kappa shape index (κ1) is 22.8. The van der Waals surface area contributed by atoms with Crippen LogP contribution in [0.3, 0.4) is 0 Å². The van der Waals surface area contributed by atoms with Crippen LogP contribution in [-0.2, 0) is 26.2 Å². The molecule has 11 heteroatoms. The average Bonchev–Trinajstić information content (AvgIpc) is 3.67. The van der Waals surface area contributed by atoms with Gasteiger partial charge in [-0.15, -0.1) is 5.10 Å². The fraction of sp³-hybridized carbons (Fsp3) is 0.231. The summed E-state index contributed by atoms with van der Waals surface area (Å²) in [6.07, 6.45) is 1.63. The lowest BCUT2D eigenvalue weighted by Gasteiger charge is -2.20. The van der Waals surface area contributed by atoms with E-state index in [9.17, 15) is 4.79 Å². The first-order valence-corrected chi connectivity index (χ1v) is 11.7. The van der Waals surface area contributed by atoms with Gasteiger partial charge >= 0.3 is 0 Å². The van der Waals surface area contributed by atoms with Crippen LogP contribution in [0.25, 0.3) is 10.9 Å². The number of pyridine rings is 1. The summed E-state index contributed by atoms with van der Waals surface area (Å²) in [5, 5.41) is 13.2. The van der Waals surface area contributed by atoms with Crippen molar-refractivity contribution in [2.75, 3.05) is 13.9 Å². The molecular weight excluding hydrogens is 476 g/mol. The standard InChI is InChI=1S/C26H24N6O5/c1-34-20-6-4-17(5-7-20)12-32-25(28-29-30-32)15-31(14-21-3-2-8-35-21)13-19-9-18-10-23-24(37-16-36-23)11-22(18)27-26(19)33/h2-11H,12-16H2,1H3,(H,27,33). The average molecular weight is 501 g/mol. The van der Waals surface area contributed by atoms with E-state index in [1.807, 2.05) is 48.5 Å². The summed E-state index contributed by atoms with van der Waals surface area (Å²) in [5.41, 5.74) is 2.16. The van der Waals surface area contributed by atoms with Crippen LogP contribution in [0.5, 0.6) is 17.2 Å². The Bertz CT molecular complexity index is 1580. The van der Waals surface area contributed by atoms with Gasteiger partial charge in [0.1, 0.15) is 11.5 Å². The number of hydrogen-bond acceptors (Lipinski definition) is 9. The number of benzene rings is 2. The van der Waals surface area contributed by atoms with Crippen LogP contribution in [0.15, 0.2) is 70.1 Å². The van der Waals surface area contributed by atoms with Gasteiger partial charge < -0.3 is 23.6 Å². The number of methoxy groups -OCH3 is 1. The molecular formula is C26H24N6O5. The van der Waals surface area contributed by atoms with Crippen LogP contribution in [0.2, 0.25) is 0 Å². The lowest BCUT2D eigenvalue weighted by molar-refractivity contribution is 0.174. The third kappa shape index (κ3) is 4.89. The predicted octanol–water partition coefficient (Wildman–Crippen LogP) is 3.10. The number of H-pyrrole nitrogens is 1. The summed E-state index contributed by atoms with van der Waals surface area (Å²) in [6.45, 7) is 1.91. The summed E-state index contributed by atoms with van der Waals surface area (Å²) in [4.78, 5) is 18.0. The fourth-order valence-electron chi connectivity index (χ4n) is 4.35. The highest BCUT2D eigenvalue weighted by molar-refractivity contribution is 5.83. The lowest BCUT2D eigenvalue weighted by Crippen LogP contribution is -2.28. The first-order chi connectivity index (χ1) is 18.1. The van der Waals surface area contributed by atoms with Crippen LogP contribution in [0, 0.1) is 0 Å². The van der Waals surface area contributed by atoms with Crippen LogP contribution >= 0.6 is 0 Å². The van der Waals surface area contributed by atoms with E-state index in [0.29, 0.717) is 54.6 Å². The van der Waals surface area contributed by atoms with E-state index in [1.165, 1.54) is 0 Å². The van der Waals surface area contributed by atoms with E-state index >= 15 is 0 Å². The van der Waals surface area contributed by atoms with E-state index in [4.69, 9.17) is 18.6 Å². The minimum Gasteiger partial charge on any atom is -0.497 e. The minimum absolute atomic E-state index is 0.172. The molecule has 2 aromatic carbocycles. The molecule has 11 nitrogen and oxygen atoms in total. The zero-order valence-electron chi connectivity index (χ0n) is 20.1. The zero-order chi connectivity index (χ0) is 25.2. The molecule has 1 aliphatic rings. The van der Waals surface area contributed by atoms with E-state index in [0.717, 1.165) is 22.5 Å². The molecule has 1 N–H and O–H groups in total. The number of tetrazole rings is 1. The van der Waals surface area contributed by atoms with Gasteiger partial charge in [0.15, 0.2) is 17.3 Å². The number of aromatic nitrogens is 5. The number of nitrogens with zero attached hydrogens (tertiary/aromatic N) is 5. The summed E-state index contributed by atoms with van der Waals surface area (Å²) in [6, 6.07) is 17.1. The first-order valence-electron chi connectivity index (χ1n) is 11.7. The molecule has 0 saturated carbocycles. The Balaban J connectivity index is 1.27. The summed E-state index contributed by atoms with van der Waals surface area (Å²) >= 11 is 0. The van der Waals surface area contributed by atoms with Crippen LogP contribution in [0.1, 0.15) is 22.7 Å². The van der Waals surface area contributed by atoms with Crippen molar-refractivity contribution in [3.05, 3.63) is 93.9 Å². The number of aromatic amines is 1. The lowest BCUT2D eigenvalue weighted by atomic mass is 10.1. The third-order valence-corrected chi connectivity index (χ3v) is 6.23. The van der Waals surface area contributed by atoms with E-state index < -0.39 is 0 Å². The number of ether oxygens (including phenoxy) is 3. The maximum atomic E-state index is 13.0. The van der Waals surface area contributed by atoms with E-state index in [1.54, 1.807) is 24.1 Å². The highest BCUT2D eigenvalue weighted by Gasteiger charge is 2.19. The number of fused-ring (bicyclic) bond motifs is 2. The SMILES string of the molecule is COc1ccc(Cn2nnnc2CN(Cc2ccco2)Cc2cc3cc4c(cc3[nH]c2=O)OCO4)cc1. The van der Waals surface area contributed by atoms with Gasteiger partial charge in [-0.1, -0.05) is 12.1 Å². The normalized spacial score (nSPS) is 12.5. The van der Waals surface area contributed by atoms with Gasteiger partial charge in [0.2, 0.25) is 6.79 Å². The van der Waals surface area contributed by atoms with Crippen LogP contribution in [-0.4, -0.2) is 44.0 Å². The molecule has 0 amide bonds. The van der Waals surface area contributed by atoms with Gasteiger partial charge in [-0.25, -0.2) is 4.68 Å². The highest BCUT2D eigenvalue weighted by atomic mass is 16.7. The molecule has 6 rings (SSSR count). The quantitative estimate of drug-likeness (QED) is 0.325. The number of nitrogens with one attached hydrogen (secondary N) is 1. The van der Waals surface area contributed by atoms with Crippen molar-refractivity contribution in [2.24, 2.45) is 0 Å². The molecule has 3 aromatic heterocycles. The minimum atomic E-state index is -0.173. The zero-order valence-corrected chi connectivity index (χ0v) is 20.1. The van der Waals surface area contributed by atoms with Gasteiger partial charge in [-0.2, -0.15) is 0 Å². The molecule has 0 bridgehead atoms. The Labute approximate surface area is 211 Å². The van der Waals surface area contributed by atoms with Gasteiger partial charge in [-0.3, -0.25) is 9.69 Å². The molecule has 0 atom stereocenters. The molecule has 0 aliphatic carbocycles. The Morgan fingerprint density at radius 2 is 1.89 bits per heavy atom. The molecule has 0 radical (unpaired) electrons. The number of furan rings is 1. The Morgan fingerprint density at radius 1 is 1.05 bits per heavy atom. The Kier molecular flexibility index (Phi) is 6.03. The van der Waals surface area contributed by atoms with Gasteiger partial charge in [0.25, 0.3) is 5.56 Å². The largest absolute Gasteiger partial charge is 0.497 e. The predicted molar refractivity (Wildman–Crippen MR) is 132 cm³/mol. The molecule has 4 heterocycles. The van der Waals surface area contributed by atoms with Crippen molar-refractivity contribution < 1.29 is 18.6 Å². The fourth-order valence-corrected chi connectivity index (χ4v) is 4.35. The monoisotopic (exact) mass is 500 g/mol. The van der Waals surface area contributed by atoms with E-state index in [-0.39, 0.29) is 12.4 Å². The van der Waals surface area contributed by atoms with Crippen molar-refractivity contribution in [1.82, 2.24) is 30.1 Å². The molecule has 0 unspecified atom stereocenters. The number of rotatable bonds is 9. The van der Waals surface area contributed by atoms with E-state index in [2.05, 4.69) is 25.4 Å². The third-order valence-electron chi connectivity index (χ3n) is 6.23. The van der Waals surface area contributed by atoms with Crippen LogP contribution in [0.4, 0.5) is 0 Å². The summed E-state index contributed by atoms with van der Waals surface area (Å²) < 4.78 is 23.5. The topological polar surface area (TPSA) is 121 Å². The molecule has 0 spiro atoms. The van der Waals surface area contributed by atoms with Crippen molar-refractivity contribution in [2.45, 2.75) is 26.2 Å². The van der Waals surface area contributed by atoms with Crippen molar-refractivity contribution >= 4 is 10.9 Å². The Hall–Kier alpha value is -4.64. The number of hydrogen-bond donors (Lipinski definition) is 1. The highest BCUT2D eigenvalue weighted by Crippen LogP contribution is 2.35. The molecule has 188 valence electrons. The second-order valence-electron chi connectivity index (χ2n) is 8.74. The smallest absolute Gasteiger partial charge is 0.252 e. The van der Waals surface area contributed by atoms with Gasteiger partial charge in [0.05, 0.1) is 38.5 Å². The van der Waals surface area contributed by atoms with Crippen molar-refractivity contribution in [3.8, 4) is 17.2 Å². The second kappa shape index (κ2) is 9.78. The molecule has 0 saturated heterocycles. The maximum absolute atomic E-state index is 13.0. The summed E-state index contributed by atoms with van der Waals surface area (Å²) in [5.74, 6) is 3.52. The van der Waals surface area contributed by atoms with Gasteiger partial charge in [-0.05, 0) is 52.4 Å². The molecule has 5 aromatic rings. The molecule has 1 aliphatic heterocycles.